The van der Waals surface area contributed by atoms with Gasteiger partial charge in [-0.25, -0.2) is 4.39 Å². The Balaban J connectivity index is 1.36. The van der Waals surface area contributed by atoms with Crippen molar-refractivity contribution in [2.24, 2.45) is 11.8 Å². The molecule has 29 heavy (non-hydrogen) atoms. The molecular weight excluding hydrogens is 371 g/mol. The summed E-state index contributed by atoms with van der Waals surface area (Å²) in [6.07, 6.45) is 3.55. The fraction of sp³-hybridized carbons (Fsp3) is 0.636. The van der Waals surface area contributed by atoms with E-state index in [9.17, 15) is 14.0 Å². The molecule has 3 rings (SSSR count). The fourth-order valence-electron chi connectivity index (χ4n) is 4.58. The topological polar surface area (TPSA) is 67.1 Å². The van der Waals surface area contributed by atoms with Gasteiger partial charge in [-0.1, -0.05) is 32.8 Å². The van der Waals surface area contributed by atoms with Crippen LogP contribution in [0.3, 0.4) is 0 Å². The number of quaternary nitrogens is 2. The van der Waals surface area contributed by atoms with Gasteiger partial charge in [-0.05, 0) is 36.5 Å². The van der Waals surface area contributed by atoms with Crippen molar-refractivity contribution in [2.45, 2.75) is 39.2 Å². The maximum absolute atomic E-state index is 13.2. The van der Waals surface area contributed by atoms with Crippen LogP contribution in [0.1, 0.15) is 33.1 Å². The van der Waals surface area contributed by atoms with E-state index in [1.165, 1.54) is 34.8 Å². The van der Waals surface area contributed by atoms with Crippen molar-refractivity contribution < 1.29 is 23.8 Å². The van der Waals surface area contributed by atoms with Gasteiger partial charge in [-0.15, -0.1) is 0 Å². The Morgan fingerprint density at radius 1 is 1.03 bits per heavy atom. The second-order valence-corrected chi connectivity index (χ2v) is 8.85. The Labute approximate surface area is 172 Å². The maximum Gasteiger partial charge on any atom is 0.279 e. The Kier molecular flexibility index (Phi) is 7.61. The van der Waals surface area contributed by atoms with Crippen LogP contribution in [0, 0.1) is 17.7 Å². The summed E-state index contributed by atoms with van der Waals surface area (Å²) in [6.45, 7) is 8.89. The first-order chi connectivity index (χ1) is 13.9. The summed E-state index contributed by atoms with van der Waals surface area (Å²) in [5, 5.41) is 6.02. The summed E-state index contributed by atoms with van der Waals surface area (Å²) in [5.41, 5.74) is 0.488. The van der Waals surface area contributed by atoms with Crippen LogP contribution in [-0.2, 0) is 9.59 Å². The van der Waals surface area contributed by atoms with Gasteiger partial charge in [0.15, 0.2) is 13.1 Å². The van der Waals surface area contributed by atoms with Gasteiger partial charge >= 0.3 is 0 Å². The summed E-state index contributed by atoms with van der Waals surface area (Å²) >= 11 is 0. The first kappa shape index (κ1) is 21.7. The molecule has 3 atom stereocenters. The van der Waals surface area contributed by atoms with E-state index in [4.69, 9.17) is 0 Å². The summed E-state index contributed by atoms with van der Waals surface area (Å²) in [4.78, 5) is 27.2. The molecule has 0 spiro atoms. The van der Waals surface area contributed by atoms with Crippen LogP contribution in [-0.4, -0.2) is 57.1 Å². The predicted octanol–water partition coefficient (Wildman–Crippen LogP) is -0.511. The highest BCUT2D eigenvalue weighted by molar-refractivity contribution is 5.91. The third-order valence-corrected chi connectivity index (χ3v) is 6.65. The summed E-state index contributed by atoms with van der Waals surface area (Å²) in [7, 11) is 0. The minimum Gasteiger partial charge on any atom is -0.348 e. The highest BCUT2D eigenvalue weighted by Crippen LogP contribution is 2.29. The summed E-state index contributed by atoms with van der Waals surface area (Å²) < 4.78 is 13.2. The quantitative estimate of drug-likeness (QED) is 0.514. The van der Waals surface area contributed by atoms with E-state index in [2.05, 4.69) is 24.5 Å². The zero-order chi connectivity index (χ0) is 20.8. The number of halogens is 1. The molecule has 0 aromatic heterocycles. The molecule has 2 aliphatic rings. The van der Waals surface area contributed by atoms with Crippen LogP contribution in [0.4, 0.5) is 10.1 Å². The molecule has 2 fully saturated rings. The number of hydrogen-bond donors (Lipinski definition) is 4. The van der Waals surface area contributed by atoms with Gasteiger partial charge in [-0.3, -0.25) is 9.59 Å². The van der Waals surface area contributed by atoms with Gasteiger partial charge in [-0.2, -0.15) is 0 Å². The Morgan fingerprint density at radius 3 is 2.34 bits per heavy atom. The van der Waals surface area contributed by atoms with Crippen LogP contribution in [0.5, 0.6) is 0 Å². The first-order valence-corrected chi connectivity index (χ1v) is 10.9. The van der Waals surface area contributed by atoms with E-state index >= 15 is 0 Å². The first-order valence-electron chi connectivity index (χ1n) is 10.9. The molecule has 160 valence electrons. The molecular formula is C22H35FN4O2+2. The highest BCUT2D eigenvalue weighted by atomic mass is 19.1. The molecule has 1 saturated heterocycles. The van der Waals surface area contributed by atoms with E-state index in [1.807, 2.05) is 0 Å². The van der Waals surface area contributed by atoms with Crippen LogP contribution in [0.25, 0.3) is 0 Å². The number of anilines is 1. The molecule has 1 aliphatic heterocycles. The van der Waals surface area contributed by atoms with E-state index < -0.39 is 0 Å². The molecule has 0 bridgehead atoms. The Hall–Kier alpha value is -1.99. The number of nitrogens with one attached hydrogen (secondary N) is 4. The largest absolute Gasteiger partial charge is 0.348 e. The van der Waals surface area contributed by atoms with E-state index in [0.717, 1.165) is 32.6 Å². The zero-order valence-corrected chi connectivity index (χ0v) is 17.6. The smallest absolute Gasteiger partial charge is 0.279 e. The van der Waals surface area contributed by atoms with Crippen LogP contribution in [0.2, 0.25) is 0 Å². The van der Waals surface area contributed by atoms with Crippen LogP contribution < -0.4 is 20.4 Å². The molecule has 1 saturated carbocycles. The zero-order valence-electron chi connectivity index (χ0n) is 17.6. The summed E-state index contributed by atoms with van der Waals surface area (Å²) in [5.74, 6) is 0.904. The number of rotatable bonds is 6. The van der Waals surface area contributed by atoms with Gasteiger partial charge in [0.25, 0.3) is 11.8 Å². The minimum atomic E-state index is -0.359. The van der Waals surface area contributed by atoms with Gasteiger partial charge in [0.05, 0.1) is 0 Å². The standard InChI is InChI=1S/C22H33FN4O2/c1-16-5-3-8-20(17(16)2)25-22(29)15-27-11-9-26(10-12-27)14-21(28)24-19-7-4-6-18(23)13-19/h4,6-7,13,16-17,20H,3,5,8-12,14-15H2,1-2H3,(H,24,28)(H,25,29)/p+2/t16-,17+,20-/m0/s1. The average Bonchev–Trinajstić information content (AvgIpc) is 2.67. The number of piperazine rings is 1. The molecule has 0 unspecified atom stereocenters. The van der Waals surface area contributed by atoms with Gasteiger partial charge in [0.1, 0.15) is 32.0 Å². The number of amides is 2. The summed E-state index contributed by atoms with van der Waals surface area (Å²) in [6, 6.07) is 6.25. The molecule has 1 heterocycles. The van der Waals surface area contributed by atoms with E-state index in [-0.39, 0.29) is 17.6 Å². The normalized spacial score (nSPS) is 29.8. The van der Waals surface area contributed by atoms with Crippen molar-refractivity contribution in [1.82, 2.24) is 5.32 Å². The van der Waals surface area contributed by atoms with Crippen LogP contribution in [0.15, 0.2) is 24.3 Å². The molecule has 4 N–H and O–H groups in total. The predicted molar refractivity (Wildman–Crippen MR) is 110 cm³/mol. The molecule has 0 radical (unpaired) electrons. The number of carbonyl (C=O) groups is 2. The average molecular weight is 407 g/mol. The van der Waals surface area contributed by atoms with Crippen molar-refractivity contribution in [3.05, 3.63) is 30.1 Å². The highest BCUT2D eigenvalue weighted by Gasteiger charge is 2.30. The van der Waals surface area contributed by atoms with Crippen molar-refractivity contribution in [3.63, 3.8) is 0 Å². The SMILES string of the molecule is C[C@H]1[C@@H](NC(=O)C[NH+]2CC[NH+](CC(=O)Nc3cccc(F)c3)CC2)CCC[C@@H]1C. The lowest BCUT2D eigenvalue weighted by Gasteiger charge is -2.35. The molecule has 6 nitrogen and oxygen atoms in total. The Morgan fingerprint density at radius 2 is 1.69 bits per heavy atom. The van der Waals surface area contributed by atoms with Gasteiger partial charge in [0, 0.05) is 11.7 Å². The van der Waals surface area contributed by atoms with Crippen molar-refractivity contribution >= 4 is 17.5 Å². The molecule has 1 aliphatic carbocycles. The minimum absolute atomic E-state index is 0.104. The van der Waals surface area contributed by atoms with Crippen molar-refractivity contribution in [2.75, 3.05) is 44.6 Å². The third-order valence-electron chi connectivity index (χ3n) is 6.65. The number of benzene rings is 1. The lowest BCUT2D eigenvalue weighted by molar-refractivity contribution is -1.00. The lowest BCUT2D eigenvalue weighted by atomic mass is 9.78. The second-order valence-electron chi connectivity index (χ2n) is 8.85. The van der Waals surface area contributed by atoms with Crippen LogP contribution >= 0.6 is 0 Å². The third kappa shape index (κ3) is 6.51. The lowest BCUT2D eigenvalue weighted by Crippen LogP contribution is -3.28. The fourth-order valence-corrected chi connectivity index (χ4v) is 4.58. The van der Waals surface area contributed by atoms with Gasteiger partial charge in [0.2, 0.25) is 0 Å². The maximum atomic E-state index is 13.2. The van der Waals surface area contributed by atoms with Crippen molar-refractivity contribution in [3.8, 4) is 0 Å². The molecule has 1 aromatic carbocycles. The van der Waals surface area contributed by atoms with E-state index in [1.54, 1.807) is 12.1 Å². The number of carbonyl (C=O) groups excluding carboxylic acids is 2. The second kappa shape index (κ2) is 10.2. The number of hydrogen-bond acceptors (Lipinski definition) is 2. The van der Waals surface area contributed by atoms with Crippen molar-refractivity contribution in [1.29, 1.82) is 0 Å². The molecule has 1 aromatic rings. The monoisotopic (exact) mass is 406 g/mol. The Bertz CT molecular complexity index is 706. The molecule has 2 amide bonds. The molecule has 7 heteroatoms. The van der Waals surface area contributed by atoms with Gasteiger partial charge < -0.3 is 20.4 Å². The van der Waals surface area contributed by atoms with E-state index in [0.29, 0.717) is 36.7 Å².